The molecule has 0 aliphatic carbocycles. The first-order valence-electron chi connectivity index (χ1n) is 7.78. The Morgan fingerprint density at radius 2 is 1.84 bits per heavy atom. The van der Waals surface area contributed by atoms with Crippen molar-refractivity contribution in [2.75, 3.05) is 0 Å². The molecule has 4 rings (SSSR count). The summed E-state index contributed by atoms with van der Waals surface area (Å²) in [6, 6.07) is 18.3. The van der Waals surface area contributed by atoms with E-state index in [2.05, 4.69) is 47.2 Å². The molecule has 0 aliphatic rings. The first kappa shape index (κ1) is 16.0. The van der Waals surface area contributed by atoms with Crippen LogP contribution in [0.4, 0.5) is 0 Å². The van der Waals surface area contributed by atoms with E-state index in [1.165, 1.54) is 16.9 Å². The summed E-state index contributed by atoms with van der Waals surface area (Å²) in [6.07, 6.45) is 1.78. The second-order valence-corrected chi connectivity index (χ2v) is 7.64. The SMILES string of the molecule is Cc1ccc(Sc2cccnc2-c2ccc3scnc(=O)c3c2)cc1. The predicted octanol–water partition coefficient (Wildman–Crippen LogP) is 5.18. The Morgan fingerprint density at radius 1 is 1.00 bits per heavy atom. The van der Waals surface area contributed by atoms with Crippen molar-refractivity contribution in [3.8, 4) is 11.3 Å². The first-order chi connectivity index (χ1) is 12.2. The van der Waals surface area contributed by atoms with Gasteiger partial charge in [0.15, 0.2) is 0 Å². The molecule has 122 valence electrons. The van der Waals surface area contributed by atoms with Crippen LogP contribution in [0.1, 0.15) is 5.56 Å². The molecule has 0 saturated carbocycles. The maximum atomic E-state index is 12.0. The number of pyridine rings is 1. The molecule has 4 aromatic rings. The van der Waals surface area contributed by atoms with Gasteiger partial charge >= 0.3 is 0 Å². The lowest BCUT2D eigenvalue weighted by molar-refractivity contribution is 1.24. The summed E-state index contributed by atoms with van der Waals surface area (Å²) < 4.78 is 0.937. The van der Waals surface area contributed by atoms with Crippen LogP contribution in [0.3, 0.4) is 0 Å². The zero-order valence-corrected chi connectivity index (χ0v) is 15.1. The Hall–Kier alpha value is -2.50. The number of hydrogen-bond donors (Lipinski definition) is 0. The summed E-state index contributed by atoms with van der Waals surface area (Å²) in [6.45, 7) is 2.08. The third-order valence-corrected chi connectivity index (χ3v) is 5.73. The van der Waals surface area contributed by atoms with Gasteiger partial charge in [-0.3, -0.25) is 9.78 Å². The second kappa shape index (κ2) is 6.78. The molecule has 0 bridgehead atoms. The highest BCUT2D eigenvalue weighted by molar-refractivity contribution is 7.99. The minimum Gasteiger partial charge on any atom is -0.267 e. The van der Waals surface area contributed by atoms with Gasteiger partial charge in [-0.15, -0.1) is 11.3 Å². The minimum absolute atomic E-state index is 0.195. The number of aromatic nitrogens is 2. The number of fused-ring (bicyclic) bond motifs is 1. The number of nitrogens with zero attached hydrogens (tertiary/aromatic N) is 2. The lowest BCUT2D eigenvalue weighted by Gasteiger charge is -2.09. The van der Waals surface area contributed by atoms with Crippen molar-refractivity contribution in [2.24, 2.45) is 0 Å². The topological polar surface area (TPSA) is 42.9 Å². The van der Waals surface area contributed by atoms with Crippen LogP contribution < -0.4 is 5.56 Å². The fraction of sp³-hybridized carbons (Fsp3) is 0.0500. The fourth-order valence-corrected chi connectivity index (χ4v) is 4.19. The normalized spacial score (nSPS) is 10.9. The second-order valence-electron chi connectivity index (χ2n) is 5.63. The van der Waals surface area contributed by atoms with Crippen LogP contribution >= 0.6 is 23.1 Å². The van der Waals surface area contributed by atoms with E-state index >= 15 is 0 Å². The summed E-state index contributed by atoms with van der Waals surface area (Å²) >= 11 is 3.14. The van der Waals surface area contributed by atoms with Gasteiger partial charge in [0.1, 0.15) is 0 Å². The van der Waals surface area contributed by atoms with Crippen molar-refractivity contribution in [1.82, 2.24) is 9.97 Å². The predicted molar refractivity (Wildman–Crippen MR) is 104 cm³/mol. The van der Waals surface area contributed by atoms with Crippen LogP contribution in [0.2, 0.25) is 0 Å². The first-order valence-corrected chi connectivity index (χ1v) is 9.48. The van der Waals surface area contributed by atoms with Crippen molar-refractivity contribution in [2.45, 2.75) is 16.7 Å². The highest BCUT2D eigenvalue weighted by atomic mass is 32.2. The van der Waals surface area contributed by atoms with E-state index in [0.29, 0.717) is 5.39 Å². The molecule has 0 fully saturated rings. The summed E-state index contributed by atoms with van der Waals surface area (Å²) in [4.78, 5) is 22.7. The van der Waals surface area contributed by atoms with E-state index in [-0.39, 0.29) is 5.56 Å². The van der Waals surface area contributed by atoms with Gasteiger partial charge in [0.2, 0.25) is 0 Å². The van der Waals surface area contributed by atoms with Crippen LogP contribution in [0.5, 0.6) is 0 Å². The fourth-order valence-electron chi connectivity index (χ4n) is 2.57. The van der Waals surface area contributed by atoms with Crippen LogP contribution in [0, 0.1) is 6.92 Å². The van der Waals surface area contributed by atoms with E-state index in [9.17, 15) is 4.79 Å². The van der Waals surface area contributed by atoms with E-state index in [0.717, 1.165) is 25.7 Å². The van der Waals surface area contributed by atoms with E-state index < -0.39 is 0 Å². The zero-order chi connectivity index (χ0) is 17.2. The molecule has 2 aromatic heterocycles. The van der Waals surface area contributed by atoms with Crippen molar-refractivity contribution >= 4 is 33.2 Å². The Kier molecular flexibility index (Phi) is 4.34. The zero-order valence-electron chi connectivity index (χ0n) is 13.5. The highest BCUT2D eigenvalue weighted by Crippen LogP contribution is 2.35. The molecular weight excluding hydrogens is 348 g/mol. The van der Waals surface area contributed by atoms with Gasteiger partial charge in [-0.25, -0.2) is 4.98 Å². The van der Waals surface area contributed by atoms with Crippen LogP contribution in [-0.4, -0.2) is 9.97 Å². The van der Waals surface area contributed by atoms with Gasteiger partial charge in [-0.1, -0.05) is 35.5 Å². The Morgan fingerprint density at radius 3 is 2.68 bits per heavy atom. The Labute approximate surface area is 153 Å². The van der Waals surface area contributed by atoms with Gasteiger partial charge in [0.25, 0.3) is 5.56 Å². The maximum Gasteiger partial charge on any atom is 0.279 e. The molecule has 0 amide bonds. The Bertz CT molecular complexity index is 1100. The van der Waals surface area contributed by atoms with Gasteiger partial charge in [-0.2, -0.15) is 0 Å². The van der Waals surface area contributed by atoms with Gasteiger partial charge in [0.05, 0.1) is 16.6 Å². The molecule has 0 spiro atoms. The number of rotatable bonds is 3. The van der Waals surface area contributed by atoms with Crippen LogP contribution in [0.25, 0.3) is 21.3 Å². The van der Waals surface area contributed by atoms with Crippen molar-refractivity contribution in [3.63, 3.8) is 0 Å². The quantitative estimate of drug-likeness (QED) is 0.504. The van der Waals surface area contributed by atoms with Crippen molar-refractivity contribution in [1.29, 1.82) is 0 Å². The lowest BCUT2D eigenvalue weighted by Crippen LogP contribution is -2.03. The van der Waals surface area contributed by atoms with Gasteiger partial charge in [-0.05, 0) is 43.3 Å². The van der Waals surface area contributed by atoms with E-state index in [4.69, 9.17) is 0 Å². The molecular formula is C20H14N2OS2. The number of aryl methyl sites for hydroxylation is 1. The minimum atomic E-state index is -0.195. The average molecular weight is 362 g/mol. The van der Waals surface area contributed by atoms with Crippen molar-refractivity contribution < 1.29 is 0 Å². The van der Waals surface area contributed by atoms with E-state index in [1.54, 1.807) is 23.5 Å². The van der Waals surface area contributed by atoms with Crippen LogP contribution in [-0.2, 0) is 0 Å². The molecule has 2 aromatic carbocycles. The number of benzene rings is 2. The monoisotopic (exact) mass is 362 g/mol. The third-order valence-electron chi connectivity index (χ3n) is 3.85. The molecule has 3 nitrogen and oxygen atoms in total. The molecule has 2 heterocycles. The summed E-state index contributed by atoms with van der Waals surface area (Å²) in [5.74, 6) is 0. The van der Waals surface area contributed by atoms with Gasteiger partial charge < -0.3 is 0 Å². The summed E-state index contributed by atoms with van der Waals surface area (Å²) in [5, 5.41) is 0.641. The lowest BCUT2D eigenvalue weighted by atomic mass is 10.1. The smallest absolute Gasteiger partial charge is 0.267 e. The molecule has 0 unspecified atom stereocenters. The average Bonchev–Trinajstić information content (AvgIpc) is 2.64. The molecule has 5 heteroatoms. The molecule has 0 saturated heterocycles. The molecule has 25 heavy (non-hydrogen) atoms. The molecule has 0 radical (unpaired) electrons. The van der Waals surface area contributed by atoms with Crippen molar-refractivity contribution in [3.05, 3.63) is 82.2 Å². The standard InChI is InChI=1S/C20H14N2OS2/c1-13-4-7-15(8-5-13)25-18-3-2-10-21-19(18)14-6-9-17-16(11-14)20(23)22-12-24-17/h2-12H,1H3. The highest BCUT2D eigenvalue weighted by Gasteiger charge is 2.10. The number of hydrogen-bond acceptors (Lipinski definition) is 5. The third kappa shape index (κ3) is 3.34. The molecule has 0 N–H and O–H groups in total. The van der Waals surface area contributed by atoms with E-state index in [1.807, 2.05) is 24.3 Å². The summed E-state index contributed by atoms with van der Waals surface area (Å²) in [7, 11) is 0. The van der Waals surface area contributed by atoms with Crippen LogP contribution in [0.15, 0.2) is 80.9 Å². The summed E-state index contributed by atoms with van der Waals surface area (Å²) in [5.41, 5.74) is 4.44. The largest absolute Gasteiger partial charge is 0.279 e. The maximum absolute atomic E-state index is 12.0. The molecule has 0 atom stereocenters. The Balaban J connectivity index is 1.79. The molecule has 0 aliphatic heterocycles. The van der Waals surface area contributed by atoms with Gasteiger partial charge in [0, 0.05) is 26.3 Å².